The summed E-state index contributed by atoms with van der Waals surface area (Å²) in [7, 11) is 0. The number of carboxylic acids is 1. The van der Waals surface area contributed by atoms with E-state index < -0.39 is 41.8 Å². The predicted octanol–water partition coefficient (Wildman–Crippen LogP) is -0.158. The predicted molar refractivity (Wildman–Crippen MR) is 102 cm³/mol. The summed E-state index contributed by atoms with van der Waals surface area (Å²) in [5.41, 5.74) is 5.80. The summed E-state index contributed by atoms with van der Waals surface area (Å²) in [4.78, 5) is 47.7. The molecule has 0 heterocycles. The van der Waals surface area contributed by atoms with Gasteiger partial charge in [-0.05, 0) is 17.8 Å². The topological polar surface area (TPSA) is 151 Å². The Morgan fingerprint density at radius 1 is 0.889 bits per heavy atom. The zero-order chi connectivity index (χ0) is 21.3. The summed E-state index contributed by atoms with van der Waals surface area (Å²) in [6.45, 7) is 10.3. The third-order valence-electron chi connectivity index (χ3n) is 4.48. The van der Waals surface area contributed by atoms with E-state index in [1.807, 2.05) is 13.8 Å². The van der Waals surface area contributed by atoms with Gasteiger partial charge in [0.15, 0.2) is 0 Å². The van der Waals surface area contributed by atoms with Crippen LogP contribution in [0.25, 0.3) is 0 Å². The van der Waals surface area contributed by atoms with Crippen LogP contribution in [0.4, 0.5) is 0 Å². The van der Waals surface area contributed by atoms with Crippen LogP contribution in [0.15, 0.2) is 0 Å². The molecule has 0 aromatic heterocycles. The molecular weight excluding hydrogens is 352 g/mol. The number of nitrogens with two attached hydrogens (primary N) is 1. The van der Waals surface area contributed by atoms with Crippen molar-refractivity contribution in [3.05, 3.63) is 0 Å². The highest BCUT2D eigenvalue weighted by atomic mass is 16.4. The first-order chi connectivity index (χ1) is 12.4. The lowest BCUT2D eigenvalue weighted by atomic mass is 9.99. The fourth-order valence-corrected chi connectivity index (χ4v) is 2.31. The summed E-state index contributed by atoms with van der Waals surface area (Å²) in [6.07, 6.45) is 0.733. The van der Waals surface area contributed by atoms with E-state index >= 15 is 0 Å². The van der Waals surface area contributed by atoms with E-state index in [-0.39, 0.29) is 24.3 Å². The van der Waals surface area contributed by atoms with Crippen molar-refractivity contribution >= 4 is 23.7 Å². The van der Waals surface area contributed by atoms with Gasteiger partial charge in [-0.25, -0.2) is 4.79 Å². The van der Waals surface area contributed by atoms with Gasteiger partial charge in [0.05, 0.1) is 12.6 Å². The number of carboxylic acid groups (broad SMARTS) is 1. The van der Waals surface area contributed by atoms with E-state index in [0.717, 1.165) is 6.42 Å². The summed E-state index contributed by atoms with van der Waals surface area (Å²) < 4.78 is 0. The number of rotatable bonds is 11. The number of hydrogen-bond donors (Lipinski definition) is 5. The van der Waals surface area contributed by atoms with Crippen molar-refractivity contribution in [3.8, 4) is 0 Å². The van der Waals surface area contributed by atoms with Crippen LogP contribution < -0.4 is 21.7 Å². The number of nitrogens with one attached hydrogen (secondary N) is 3. The van der Waals surface area contributed by atoms with Crippen molar-refractivity contribution in [1.82, 2.24) is 16.0 Å². The Bertz CT molecular complexity index is 536. The molecule has 0 aromatic rings. The summed E-state index contributed by atoms with van der Waals surface area (Å²) >= 11 is 0. The average Bonchev–Trinajstić information content (AvgIpc) is 2.59. The van der Waals surface area contributed by atoms with Gasteiger partial charge in [-0.3, -0.25) is 14.4 Å². The molecule has 0 radical (unpaired) electrons. The SMILES string of the molecule is CCC(C)C(N)C(=O)NCC(=O)NC(C(=O)NC(C(=O)O)C(C)C)C(C)C. The molecule has 0 saturated heterocycles. The van der Waals surface area contributed by atoms with Crippen molar-refractivity contribution in [2.24, 2.45) is 23.5 Å². The fraction of sp³-hybridized carbons (Fsp3) is 0.778. The van der Waals surface area contributed by atoms with Crippen LogP contribution in [0, 0.1) is 17.8 Å². The molecule has 3 amide bonds. The minimum absolute atomic E-state index is 0.0220. The number of carbonyl (C=O) groups excluding carboxylic acids is 3. The van der Waals surface area contributed by atoms with Gasteiger partial charge in [-0.1, -0.05) is 48.0 Å². The Labute approximate surface area is 160 Å². The van der Waals surface area contributed by atoms with Gasteiger partial charge >= 0.3 is 5.97 Å². The van der Waals surface area contributed by atoms with Crippen molar-refractivity contribution < 1.29 is 24.3 Å². The first kappa shape index (κ1) is 24.8. The first-order valence-corrected chi connectivity index (χ1v) is 9.28. The van der Waals surface area contributed by atoms with Crippen LogP contribution in [0.5, 0.6) is 0 Å². The highest BCUT2D eigenvalue weighted by Crippen LogP contribution is 2.07. The van der Waals surface area contributed by atoms with E-state index in [1.165, 1.54) is 0 Å². The Hall–Kier alpha value is -2.16. The Kier molecular flexibility index (Phi) is 10.6. The van der Waals surface area contributed by atoms with Crippen molar-refractivity contribution in [3.63, 3.8) is 0 Å². The molecule has 0 aliphatic rings. The molecule has 0 bridgehead atoms. The molecule has 0 rings (SSSR count). The van der Waals surface area contributed by atoms with Gasteiger partial charge in [0.2, 0.25) is 17.7 Å². The molecular formula is C18H34N4O5. The lowest BCUT2D eigenvalue weighted by molar-refractivity contribution is -0.143. The van der Waals surface area contributed by atoms with Crippen LogP contribution in [0.1, 0.15) is 48.0 Å². The Morgan fingerprint density at radius 2 is 1.41 bits per heavy atom. The highest BCUT2D eigenvalue weighted by Gasteiger charge is 2.30. The normalized spacial score (nSPS) is 15.6. The van der Waals surface area contributed by atoms with Gasteiger partial charge in [-0.2, -0.15) is 0 Å². The number of hydrogen-bond acceptors (Lipinski definition) is 5. The van der Waals surface area contributed by atoms with Crippen LogP contribution >= 0.6 is 0 Å². The zero-order valence-corrected chi connectivity index (χ0v) is 17.0. The second kappa shape index (κ2) is 11.5. The van der Waals surface area contributed by atoms with Gasteiger partial charge in [0, 0.05) is 0 Å². The summed E-state index contributed by atoms with van der Waals surface area (Å²) in [5.74, 6) is -3.31. The minimum atomic E-state index is -1.14. The molecule has 0 aliphatic heterocycles. The molecule has 0 aliphatic carbocycles. The lowest BCUT2D eigenvalue weighted by Crippen LogP contribution is -2.56. The largest absolute Gasteiger partial charge is 0.480 e. The number of carbonyl (C=O) groups is 4. The van der Waals surface area contributed by atoms with Gasteiger partial charge in [0.25, 0.3) is 0 Å². The van der Waals surface area contributed by atoms with E-state index in [0.29, 0.717) is 0 Å². The van der Waals surface area contributed by atoms with Crippen LogP contribution in [0.2, 0.25) is 0 Å². The van der Waals surface area contributed by atoms with Crippen molar-refractivity contribution in [1.29, 1.82) is 0 Å². The Morgan fingerprint density at radius 3 is 1.81 bits per heavy atom. The maximum absolute atomic E-state index is 12.4. The maximum atomic E-state index is 12.4. The molecule has 6 N–H and O–H groups in total. The lowest BCUT2D eigenvalue weighted by Gasteiger charge is -2.25. The molecule has 4 atom stereocenters. The standard InChI is InChI=1S/C18H34N4O5/c1-7-11(6)13(19)16(24)20-8-12(23)21-14(9(2)3)17(25)22-15(10(4)5)18(26)27/h9-11,13-15H,7-8,19H2,1-6H3,(H,20,24)(H,21,23)(H,22,25)(H,26,27). The maximum Gasteiger partial charge on any atom is 0.326 e. The van der Waals surface area contributed by atoms with E-state index in [9.17, 15) is 24.3 Å². The molecule has 0 spiro atoms. The molecule has 27 heavy (non-hydrogen) atoms. The van der Waals surface area contributed by atoms with Crippen molar-refractivity contribution in [2.45, 2.75) is 66.1 Å². The van der Waals surface area contributed by atoms with Gasteiger partial charge in [0.1, 0.15) is 12.1 Å². The molecule has 0 fully saturated rings. The highest BCUT2D eigenvalue weighted by molar-refractivity contribution is 5.92. The summed E-state index contributed by atoms with van der Waals surface area (Å²) in [6, 6.07) is -2.68. The van der Waals surface area contributed by atoms with Gasteiger partial charge in [-0.15, -0.1) is 0 Å². The molecule has 9 nitrogen and oxygen atoms in total. The number of amides is 3. The third-order valence-corrected chi connectivity index (χ3v) is 4.48. The minimum Gasteiger partial charge on any atom is -0.480 e. The van der Waals surface area contributed by atoms with E-state index in [1.54, 1.807) is 27.7 Å². The second-order valence-electron chi connectivity index (χ2n) is 7.49. The van der Waals surface area contributed by atoms with Crippen LogP contribution in [0.3, 0.4) is 0 Å². The van der Waals surface area contributed by atoms with Crippen LogP contribution in [-0.4, -0.2) is 53.5 Å². The monoisotopic (exact) mass is 386 g/mol. The number of aliphatic carboxylic acids is 1. The molecule has 9 heteroatoms. The average molecular weight is 386 g/mol. The fourth-order valence-electron chi connectivity index (χ4n) is 2.31. The quantitative estimate of drug-likeness (QED) is 0.333. The van der Waals surface area contributed by atoms with E-state index in [2.05, 4.69) is 16.0 Å². The summed E-state index contributed by atoms with van der Waals surface area (Å²) in [5, 5.41) is 16.6. The molecule has 4 unspecified atom stereocenters. The zero-order valence-electron chi connectivity index (χ0n) is 17.0. The molecule has 0 aromatic carbocycles. The van der Waals surface area contributed by atoms with Crippen molar-refractivity contribution in [2.75, 3.05) is 6.54 Å². The molecule has 156 valence electrons. The molecule has 0 saturated carbocycles. The van der Waals surface area contributed by atoms with E-state index in [4.69, 9.17) is 5.73 Å². The van der Waals surface area contributed by atoms with Crippen LogP contribution in [-0.2, 0) is 19.2 Å². The smallest absolute Gasteiger partial charge is 0.326 e. The Balaban J connectivity index is 4.81. The first-order valence-electron chi connectivity index (χ1n) is 9.28. The second-order valence-corrected chi connectivity index (χ2v) is 7.49. The van der Waals surface area contributed by atoms with Gasteiger partial charge < -0.3 is 26.8 Å². The third kappa shape index (κ3) is 8.38.